The first-order valence-corrected chi connectivity index (χ1v) is 11.4. The van der Waals surface area contributed by atoms with Crippen LogP contribution in [0.25, 0.3) is 10.8 Å². The SMILES string of the molecule is Cc1cccc(OCC(=O)NN=Cc2c(OC(=O)c3ccc(Cl)cc3Cl)ccc3ccccc23)c1. The Hall–Kier alpha value is -3.87. The molecule has 0 aliphatic carbocycles. The van der Waals surface area contributed by atoms with Gasteiger partial charge in [0.05, 0.1) is 16.8 Å². The van der Waals surface area contributed by atoms with Crippen LogP contribution in [0.4, 0.5) is 0 Å². The van der Waals surface area contributed by atoms with E-state index in [4.69, 9.17) is 32.7 Å². The molecule has 0 aliphatic rings. The van der Waals surface area contributed by atoms with E-state index < -0.39 is 11.9 Å². The molecule has 4 rings (SSSR count). The number of hydrogen-bond acceptors (Lipinski definition) is 5. The summed E-state index contributed by atoms with van der Waals surface area (Å²) < 4.78 is 11.1. The molecule has 6 nitrogen and oxygen atoms in total. The first kappa shape index (κ1) is 24.3. The number of halogens is 2. The predicted octanol–water partition coefficient (Wildman–Crippen LogP) is 6.20. The second-order valence-corrected chi connectivity index (χ2v) is 8.45. The molecule has 0 saturated heterocycles. The molecule has 8 heteroatoms. The lowest BCUT2D eigenvalue weighted by Crippen LogP contribution is -2.24. The van der Waals surface area contributed by atoms with Crippen LogP contribution in [-0.2, 0) is 4.79 Å². The Kier molecular flexibility index (Phi) is 7.65. The molecule has 35 heavy (non-hydrogen) atoms. The number of carbonyl (C=O) groups is 2. The Balaban J connectivity index is 1.52. The van der Waals surface area contributed by atoms with Crippen LogP contribution >= 0.6 is 23.2 Å². The number of aryl methyl sites for hydroxylation is 1. The summed E-state index contributed by atoms with van der Waals surface area (Å²) in [7, 11) is 0. The van der Waals surface area contributed by atoms with E-state index in [0.29, 0.717) is 16.3 Å². The maximum Gasteiger partial charge on any atom is 0.345 e. The summed E-state index contributed by atoms with van der Waals surface area (Å²) in [6.45, 7) is 1.74. The molecule has 0 aliphatic heterocycles. The quantitative estimate of drug-likeness (QED) is 0.140. The van der Waals surface area contributed by atoms with Crippen molar-refractivity contribution in [1.82, 2.24) is 5.43 Å². The number of nitrogens with one attached hydrogen (secondary N) is 1. The van der Waals surface area contributed by atoms with Gasteiger partial charge >= 0.3 is 5.97 Å². The molecule has 0 bridgehead atoms. The highest BCUT2D eigenvalue weighted by Crippen LogP contribution is 2.29. The normalized spacial score (nSPS) is 10.9. The smallest absolute Gasteiger partial charge is 0.345 e. The lowest BCUT2D eigenvalue weighted by molar-refractivity contribution is -0.123. The molecule has 0 unspecified atom stereocenters. The van der Waals surface area contributed by atoms with Gasteiger partial charge in [0.2, 0.25) is 0 Å². The van der Waals surface area contributed by atoms with Gasteiger partial charge in [-0.3, -0.25) is 4.79 Å². The molecule has 0 aromatic heterocycles. The third-order valence-corrected chi connectivity index (χ3v) is 5.57. The summed E-state index contributed by atoms with van der Waals surface area (Å²) in [5, 5.41) is 6.34. The van der Waals surface area contributed by atoms with Crippen LogP contribution in [0.2, 0.25) is 10.0 Å². The number of hydrogen-bond donors (Lipinski definition) is 1. The molecule has 0 spiro atoms. The molecule has 0 atom stereocenters. The molecule has 0 radical (unpaired) electrons. The number of amides is 1. The Morgan fingerprint density at radius 2 is 1.80 bits per heavy atom. The largest absolute Gasteiger partial charge is 0.484 e. The number of rotatable bonds is 7. The first-order valence-electron chi connectivity index (χ1n) is 10.6. The zero-order chi connectivity index (χ0) is 24.8. The summed E-state index contributed by atoms with van der Waals surface area (Å²) in [5.41, 5.74) is 4.15. The van der Waals surface area contributed by atoms with E-state index in [1.807, 2.05) is 55.5 Å². The highest BCUT2D eigenvalue weighted by Gasteiger charge is 2.16. The molecule has 0 saturated carbocycles. The molecule has 0 fully saturated rings. The van der Waals surface area contributed by atoms with Gasteiger partial charge in [-0.1, -0.05) is 65.7 Å². The summed E-state index contributed by atoms with van der Waals surface area (Å²) in [5.74, 6) is -0.233. The van der Waals surface area contributed by atoms with Gasteiger partial charge in [0.15, 0.2) is 6.61 Å². The molecule has 1 N–H and O–H groups in total. The van der Waals surface area contributed by atoms with Crippen LogP contribution in [0.3, 0.4) is 0 Å². The number of nitrogens with zero attached hydrogens (tertiary/aromatic N) is 1. The minimum Gasteiger partial charge on any atom is -0.484 e. The monoisotopic (exact) mass is 506 g/mol. The van der Waals surface area contributed by atoms with Crippen molar-refractivity contribution in [1.29, 1.82) is 0 Å². The number of esters is 1. The molecular formula is C27H20Cl2N2O4. The Labute approximate surface area is 212 Å². The summed E-state index contributed by atoms with van der Waals surface area (Å²) >= 11 is 12.1. The predicted molar refractivity (Wildman–Crippen MR) is 138 cm³/mol. The fourth-order valence-electron chi connectivity index (χ4n) is 3.36. The molecule has 4 aromatic carbocycles. The molecule has 0 heterocycles. The van der Waals surface area contributed by atoms with Crippen LogP contribution in [0.5, 0.6) is 11.5 Å². The molecule has 1 amide bonds. The van der Waals surface area contributed by atoms with Crippen LogP contribution in [0, 0.1) is 6.92 Å². The fourth-order valence-corrected chi connectivity index (χ4v) is 3.85. The summed E-state index contributed by atoms with van der Waals surface area (Å²) in [6.07, 6.45) is 1.43. The molecule has 176 valence electrons. The number of hydrazone groups is 1. The minimum atomic E-state index is -0.646. The van der Waals surface area contributed by atoms with Gasteiger partial charge < -0.3 is 9.47 Å². The topological polar surface area (TPSA) is 77.0 Å². The zero-order valence-corrected chi connectivity index (χ0v) is 20.1. The van der Waals surface area contributed by atoms with Crippen LogP contribution < -0.4 is 14.9 Å². The summed E-state index contributed by atoms with van der Waals surface area (Å²) in [4.78, 5) is 25.0. The molecule has 4 aromatic rings. The third kappa shape index (κ3) is 6.18. The van der Waals surface area contributed by atoms with Gasteiger partial charge in [0, 0.05) is 10.6 Å². The molecular weight excluding hydrogens is 487 g/mol. The average Bonchev–Trinajstić information content (AvgIpc) is 2.84. The van der Waals surface area contributed by atoms with E-state index in [2.05, 4.69) is 10.5 Å². The Morgan fingerprint density at radius 1 is 0.971 bits per heavy atom. The first-order chi connectivity index (χ1) is 16.9. The average molecular weight is 507 g/mol. The van der Waals surface area contributed by atoms with Crippen molar-refractivity contribution in [2.24, 2.45) is 5.10 Å². The van der Waals surface area contributed by atoms with Gasteiger partial charge in [0.25, 0.3) is 5.91 Å². The van der Waals surface area contributed by atoms with E-state index >= 15 is 0 Å². The minimum absolute atomic E-state index is 0.175. The number of ether oxygens (including phenoxy) is 2. The van der Waals surface area contributed by atoms with Crippen LogP contribution in [0.1, 0.15) is 21.5 Å². The van der Waals surface area contributed by atoms with E-state index in [-0.39, 0.29) is 22.9 Å². The number of carbonyl (C=O) groups excluding carboxylic acids is 2. The highest BCUT2D eigenvalue weighted by atomic mass is 35.5. The second kappa shape index (κ2) is 11.0. The van der Waals surface area contributed by atoms with E-state index in [0.717, 1.165) is 16.3 Å². The van der Waals surface area contributed by atoms with Gasteiger partial charge in [-0.15, -0.1) is 0 Å². The van der Waals surface area contributed by atoms with Crippen molar-refractivity contribution >= 4 is 52.1 Å². The fraction of sp³-hybridized carbons (Fsp3) is 0.0741. The van der Waals surface area contributed by atoms with Crippen molar-refractivity contribution in [3.8, 4) is 11.5 Å². The van der Waals surface area contributed by atoms with Crippen LogP contribution in [-0.4, -0.2) is 24.7 Å². The maximum atomic E-state index is 12.8. The summed E-state index contributed by atoms with van der Waals surface area (Å²) in [6, 6.07) is 22.9. The van der Waals surface area contributed by atoms with Gasteiger partial charge in [0.1, 0.15) is 11.5 Å². The van der Waals surface area contributed by atoms with E-state index in [1.165, 1.54) is 18.3 Å². The van der Waals surface area contributed by atoms with Crippen molar-refractivity contribution in [3.05, 3.63) is 106 Å². The Morgan fingerprint density at radius 3 is 2.60 bits per heavy atom. The van der Waals surface area contributed by atoms with Gasteiger partial charge in [-0.2, -0.15) is 5.10 Å². The Bertz CT molecular complexity index is 1440. The van der Waals surface area contributed by atoms with E-state index in [9.17, 15) is 9.59 Å². The number of benzene rings is 4. The number of fused-ring (bicyclic) bond motifs is 1. The third-order valence-electron chi connectivity index (χ3n) is 5.03. The van der Waals surface area contributed by atoms with Gasteiger partial charge in [-0.05, 0) is 59.7 Å². The lowest BCUT2D eigenvalue weighted by atomic mass is 10.0. The van der Waals surface area contributed by atoms with E-state index in [1.54, 1.807) is 18.2 Å². The van der Waals surface area contributed by atoms with Crippen molar-refractivity contribution in [3.63, 3.8) is 0 Å². The van der Waals surface area contributed by atoms with Crippen molar-refractivity contribution in [2.45, 2.75) is 6.92 Å². The standard InChI is InChI=1S/C27H20Cl2N2O4/c1-17-5-4-7-20(13-17)34-16-26(32)31-30-15-23-21-8-3-2-6-18(21)9-12-25(23)35-27(33)22-11-10-19(28)14-24(22)29/h2-15H,16H2,1H3,(H,31,32). The van der Waals surface area contributed by atoms with Crippen molar-refractivity contribution in [2.75, 3.05) is 6.61 Å². The maximum absolute atomic E-state index is 12.8. The lowest BCUT2D eigenvalue weighted by Gasteiger charge is -2.11. The highest BCUT2D eigenvalue weighted by molar-refractivity contribution is 6.36. The second-order valence-electron chi connectivity index (χ2n) is 7.61. The van der Waals surface area contributed by atoms with Crippen LogP contribution in [0.15, 0.2) is 84.0 Å². The van der Waals surface area contributed by atoms with Gasteiger partial charge in [-0.25, -0.2) is 10.2 Å². The zero-order valence-electron chi connectivity index (χ0n) is 18.6. The van der Waals surface area contributed by atoms with Crippen molar-refractivity contribution < 1.29 is 19.1 Å².